The molecule has 8 heteroatoms. The molecule has 4 aliphatic carbocycles. The van der Waals surface area contributed by atoms with Crippen LogP contribution in [0.2, 0.25) is 0 Å². The lowest BCUT2D eigenvalue weighted by Crippen LogP contribution is -2.63. The van der Waals surface area contributed by atoms with Gasteiger partial charge in [0.15, 0.2) is 23.5 Å². The lowest BCUT2D eigenvalue weighted by atomic mass is 9.46. The van der Waals surface area contributed by atoms with Gasteiger partial charge in [-0.05, 0) is 80.4 Å². The zero-order chi connectivity index (χ0) is 29.6. The van der Waals surface area contributed by atoms with Crippen molar-refractivity contribution in [1.29, 1.82) is 0 Å². The number of allylic oxidation sites excluding steroid dienone is 4. The average Bonchev–Trinajstić information content (AvgIpc) is 3.66. The maximum Gasteiger partial charge on any atom is 0.193 e. The molecule has 10 atom stereocenters. The van der Waals surface area contributed by atoms with Gasteiger partial charge in [-0.3, -0.25) is 9.59 Å². The molecular formula is C34H40N2O6. The van der Waals surface area contributed by atoms with E-state index in [0.29, 0.717) is 18.5 Å². The number of fused-ring (bicyclic) bond motifs is 7. The van der Waals surface area contributed by atoms with Crippen molar-refractivity contribution in [3.05, 3.63) is 77.7 Å². The largest absolute Gasteiger partial charge is 0.399 e. The number of benzene rings is 1. The molecule has 0 radical (unpaired) electrons. The van der Waals surface area contributed by atoms with Crippen molar-refractivity contribution in [2.24, 2.45) is 28.6 Å². The molecule has 0 amide bonds. The molecule has 7 rings (SSSR count). The Labute approximate surface area is 246 Å². The van der Waals surface area contributed by atoms with Crippen LogP contribution >= 0.6 is 0 Å². The predicted molar refractivity (Wildman–Crippen MR) is 156 cm³/mol. The molecule has 8 nitrogen and oxygen atoms in total. The number of aliphatic hydroxyl groups excluding tert-OH is 2. The number of aromatic nitrogens is 1. The van der Waals surface area contributed by atoms with E-state index in [4.69, 9.17) is 15.2 Å². The van der Waals surface area contributed by atoms with Gasteiger partial charge in [-0.15, -0.1) is 0 Å². The number of hydrogen-bond acceptors (Lipinski definition) is 7. The van der Waals surface area contributed by atoms with E-state index in [1.807, 2.05) is 48.8 Å². The smallest absolute Gasteiger partial charge is 0.193 e. The van der Waals surface area contributed by atoms with Crippen molar-refractivity contribution in [3.8, 4) is 0 Å². The van der Waals surface area contributed by atoms with E-state index in [1.165, 1.54) is 0 Å². The van der Waals surface area contributed by atoms with Crippen LogP contribution in [0.4, 0.5) is 5.69 Å². The van der Waals surface area contributed by atoms with E-state index in [2.05, 4.69) is 25.3 Å². The molecule has 3 saturated carbocycles. The van der Waals surface area contributed by atoms with Gasteiger partial charge in [0.1, 0.15) is 6.61 Å². The van der Waals surface area contributed by atoms with Crippen molar-refractivity contribution in [2.75, 3.05) is 12.3 Å². The van der Waals surface area contributed by atoms with Crippen LogP contribution < -0.4 is 5.73 Å². The lowest BCUT2D eigenvalue weighted by Gasteiger charge is -2.59. The Morgan fingerprint density at radius 3 is 2.71 bits per heavy atom. The van der Waals surface area contributed by atoms with Crippen LogP contribution in [0.3, 0.4) is 0 Å². The molecule has 1 aromatic carbocycles. The second kappa shape index (κ2) is 9.48. The minimum Gasteiger partial charge on any atom is -0.399 e. The summed E-state index contributed by atoms with van der Waals surface area (Å²) in [6, 6.07) is 9.80. The van der Waals surface area contributed by atoms with Crippen molar-refractivity contribution >= 4 is 17.3 Å². The number of ether oxygens (including phenoxy) is 2. The number of carbonyl (C=O) groups is 2. The number of ketones is 2. The van der Waals surface area contributed by atoms with Crippen molar-refractivity contribution in [3.63, 3.8) is 0 Å². The number of rotatable bonds is 5. The normalized spacial score (nSPS) is 41.0. The van der Waals surface area contributed by atoms with E-state index in [9.17, 15) is 19.8 Å². The van der Waals surface area contributed by atoms with Crippen LogP contribution in [0, 0.1) is 28.6 Å². The Balaban J connectivity index is 1.20. The second-order valence-electron chi connectivity index (χ2n) is 13.6. The second-order valence-corrected chi connectivity index (χ2v) is 13.6. The summed E-state index contributed by atoms with van der Waals surface area (Å²) in [5, 5.41) is 22.1. The molecule has 5 aliphatic rings. The summed E-state index contributed by atoms with van der Waals surface area (Å²) in [5.41, 5.74) is 7.10. The SMILES string of the molecule is C[C@@H](c1ccc(N)cc1)n1ccc([C@@H]2O[C@@H]3C[C@H]4[C@@H]5CCC6=CC(=O)C=C[C@]6(C)[C@H]5[C@@H](O)C[C@]4(C)[C@]3(C(=O)CO)O2)c1. The third kappa shape index (κ3) is 3.68. The first-order valence-corrected chi connectivity index (χ1v) is 15.1. The summed E-state index contributed by atoms with van der Waals surface area (Å²) in [4.78, 5) is 25.9. The number of nitrogens with zero attached hydrogens (tertiary/aromatic N) is 1. The Hall–Kier alpha value is -3.04. The van der Waals surface area contributed by atoms with Crippen LogP contribution in [0.1, 0.15) is 69.9 Å². The molecular weight excluding hydrogens is 532 g/mol. The number of Topliss-reactive ketones (excluding diaryl/α,β-unsaturated/α-hetero) is 1. The van der Waals surface area contributed by atoms with Crippen molar-refractivity contribution in [1.82, 2.24) is 4.57 Å². The molecule has 2 aromatic rings. The van der Waals surface area contributed by atoms with Crippen LogP contribution in [0.15, 0.2) is 66.5 Å². The zero-order valence-electron chi connectivity index (χ0n) is 24.4. The molecule has 1 saturated heterocycles. The lowest BCUT2D eigenvalue weighted by molar-refractivity contribution is -0.201. The first-order valence-electron chi connectivity index (χ1n) is 15.1. The van der Waals surface area contributed by atoms with E-state index in [0.717, 1.165) is 29.5 Å². The van der Waals surface area contributed by atoms with E-state index in [1.54, 1.807) is 12.2 Å². The number of hydrogen-bond donors (Lipinski definition) is 3. The third-order valence-electron chi connectivity index (χ3n) is 11.7. The number of nitrogen functional groups attached to an aromatic ring is 1. The summed E-state index contributed by atoms with van der Waals surface area (Å²) in [6.07, 6.45) is 9.92. The molecule has 0 spiro atoms. The molecule has 4 fully saturated rings. The van der Waals surface area contributed by atoms with Gasteiger partial charge in [-0.2, -0.15) is 0 Å². The van der Waals surface area contributed by atoms with E-state index < -0.39 is 41.5 Å². The van der Waals surface area contributed by atoms with Crippen molar-refractivity contribution < 1.29 is 29.3 Å². The highest BCUT2D eigenvalue weighted by Gasteiger charge is 2.75. The molecule has 222 valence electrons. The summed E-state index contributed by atoms with van der Waals surface area (Å²) in [7, 11) is 0. The van der Waals surface area contributed by atoms with Gasteiger partial charge >= 0.3 is 0 Å². The Morgan fingerprint density at radius 1 is 1.21 bits per heavy atom. The highest BCUT2D eigenvalue weighted by Crippen LogP contribution is 2.70. The topological polar surface area (TPSA) is 124 Å². The first kappa shape index (κ1) is 27.8. The molecule has 1 aromatic heterocycles. The minimum absolute atomic E-state index is 0.00323. The average molecular weight is 573 g/mol. The van der Waals surface area contributed by atoms with Gasteiger partial charge in [0, 0.05) is 40.4 Å². The van der Waals surface area contributed by atoms with Gasteiger partial charge in [0.2, 0.25) is 0 Å². The zero-order valence-corrected chi connectivity index (χ0v) is 24.4. The summed E-state index contributed by atoms with van der Waals surface area (Å²) in [6.45, 7) is 5.64. The van der Waals surface area contributed by atoms with E-state index >= 15 is 0 Å². The maximum absolute atomic E-state index is 13.8. The Kier molecular flexibility index (Phi) is 6.27. The fraction of sp³-hybridized carbons (Fsp3) is 0.529. The quantitative estimate of drug-likeness (QED) is 0.457. The van der Waals surface area contributed by atoms with Gasteiger partial charge in [-0.25, -0.2) is 0 Å². The van der Waals surface area contributed by atoms with Crippen LogP contribution in [-0.2, 0) is 19.1 Å². The Morgan fingerprint density at radius 2 is 1.98 bits per heavy atom. The van der Waals surface area contributed by atoms with Gasteiger partial charge in [0.25, 0.3) is 0 Å². The number of carbonyl (C=O) groups excluding carboxylic acids is 2. The molecule has 0 bridgehead atoms. The molecule has 4 N–H and O–H groups in total. The van der Waals surface area contributed by atoms with Gasteiger partial charge in [-0.1, -0.05) is 37.6 Å². The highest BCUT2D eigenvalue weighted by molar-refractivity contribution is 6.01. The molecule has 0 unspecified atom stereocenters. The Bertz CT molecular complexity index is 1490. The summed E-state index contributed by atoms with van der Waals surface area (Å²) in [5.74, 6) is -0.263. The molecule has 2 heterocycles. The molecule has 1 aliphatic heterocycles. The maximum atomic E-state index is 13.8. The summed E-state index contributed by atoms with van der Waals surface area (Å²) >= 11 is 0. The number of aliphatic hydroxyl groups is 2. The molecule has 42 heavy (non-hydrogen) atoms. The highest BCUT2D eigenvalue weighted by atomic mass is 16.7. The minimum atomic E-state index is -1.36. The standard InChI is InChI=1S/C34H40N2O6/c1-19(20-4-7-23(35)8-5-20)36-13-11-21(17-36)31-41-29-15-26-25-9-6-22-14-24(38)10-12-32(22,2)30(25)27(39)16-33(26,3)34(29,42-31)28(40)18-37/h4-5,7-8,10-14,17,19,25-27,29-31,37,39H,6,9,15-16,18,35H2,1-3H3/t19-,25-,26-,27-,29+,30+,31+,32-,33-,34+/m0/s1. The fourth-order valence-electron chi connectivity index (χ4n) is 9.59. The third-order valence-corrected chi connectivity index (χ3v) is 11.7. The van der Waals surface area contributed by atoms with Gasteiger partial charge in [0.05, 0.1) is 18.2 Å². The first-order chi connectivity index (χ1) is 20.0. The van der Waals surface area contributed by atoms with E-state index in [-0.39, 0.29) is 35.4 Å². The van der Waals surface area contributed by atoms with Gasteiger partial charge < -0.3 is 30.0 Å². The predicted octanol–water partition coefficient (Wildman–Crippen LogP) is 4.28. The summed E-state index contributed by atoms with van der Waals surface area (Å²) < 4.78 is 15.4. The van der Waals surface area contributed by atoms with Crippen LogP contribution in [0.25, 0.3) is 0 Å². The van der Waals surface area contributed by atoms with Crippen LogP contribution in [0.5, 0.6) is 0 Å². The fourth-order valence-corrected chi connectivity index (χ4v) is 9.59. The monoisotopic (exact) mass is 572 g/mol. The number of nitrogens with two attached hydrogens (primary N) is 1. The van der Waals surface area contributed by atoms with Crippen LogP contribution in [-0.4, -0.2) is 50.8 Å². The number of anilines is 1. The van der Waals surface area contributed by atoms with Crippen molar-refractivity contribution in [2.45, 2.75) is 76.6 Å².